The first-order valence-corrected chi connectivity index (χ1v) is 9.86. The molecule has 120 valence electrons. The van der Waals surface area contributed by atoms with E-state index in [2.05, 4.69) is 12.2 Å². The Bertz CT molecular complexity index is 547. The Morgan fingerprint density at radius 3 is 2.57 bits per heavy atom. The average Bonchev–Trinajstić information content (AvgIpc) is 2.46. The van der Waals surface area contributed by atoms with Crippen molar-refractivity contribution in [3.05, 3.63) is 33.8 Å². The SMILES string of the molecule is CCCNC(CCCS(=O)(=O)CC)c1cccc(Cl)c1Cl. The molecule has 1 aromatic carbocycles. The second-order valence-corrected chi connectivity index (χ2v) is 8.29. The second kappa shape index (κ2) is 8.99. The minimum atomic E-state index is -2.92. The zero-order chi connectivity index (χ0) is 15.9. The van der Waals surface area contributed by atoms with Gasteiger partial charge in [-0.3, -0.25) is 0 Å². The highest BCUT2D eigenvalue weighted by Gasteiger charge is 2.17. The van der Waals surface area contributed by atoms with Gasteiger partial charge >= 0.3 is 0 Å². The van der Waals surface area contributed by atoms with Gasteiger partial charge in [0, 0.05) is 11.8 Å². The van der Waals surface area contributed by atoms with Crippen LogP contribution in [0.5, 0.6) is 0 Å². The first-order valence-electron chi connectivity index (χ1n) is 7.29. The quantitative estimate of drug-likeness (QED) is 0.723. The highest BCUT2D eigenvalue weighted by Crippen LogP contribution is 2.32. The normalized spacial score (nSPS) is 13.3. The van der Waals surface area contributed by atoms with Crippen molar-refractivity contribution in [2.24, 2.45) is 0 Å². The number of hydrogen-bond donors (Lipinski definition) is 1. The smallest absolute Gasteiger partial charge is 0.150 e. The van der Waals surface area contributed by atoms with Gasteiger partial charge in [0.2, 0.25) is 0 Å². The van der Waals surface area contributed by atoms with Crippen LogP contribution in [0.15, 0.2) is 18.2 Å². The summed E-state index contributed by atoms with van der Waals surface area (Å²) in [5.74, 6) is 0.407. The Morgan fingerprint density at radius 1 is 1.24 bits per heavy atom. The number of benzene rings is 1. The maximum atomic E-state index is 11.6. The topological polar surface area (TPSA) is 46.2 Å². The molecule has 0 saturated carbocycles. The zero-order valence-electron chi connectivity index (χ0n) is 12.5. The molecular weight excluding hydrogens is 329 g/mol. The summed E-state index contributed by atoms with van der Waals surface area (Å²) in [6, 6.07) is 5.59. The van der Waals surface area contributed by atoms with Crippen molar-refractivity contribution in [2.45, 2.75) is 39.2 Å². The minimum Gasteiger partial charge on any atom is -0.310 e. The van der Waals surface area contributed by atoms with E-state index in [4.69, 9.17) is 23.2 Å². The lowest BCUT2D eigenvalue weighted by molar-refractivity contribution is 0.492. The van der Waals surface area contributed by atoms with Gasteiger partial charge in [0.15, 0.2) is 0 Å². The Kier molecular flexibility index (Phi) is 8.03. The molecule has 0 amide bonds. The third-order valence-electron chi connectivity index (χ3n) is 3.39. The molecule has 0 bridgehead atoms. The minimum absolute atomic E-state index is 0.0307. The Labute approximate surface area is 137 Å². The lowest BCUT2D eigenvalue weighted by Gasteiger charge is -2.20. The van der Waals surface area contributed by atoms with Gasteiger partial charge in [-0.05, 0) is 37.4 Å². The molecule has 0 radical (unpaired) electrons. The van der Waals surface area contributed by atoms with Crippen molar-refractivity contribution in [3.8, 4) is 0 Å². The average molecular weight is 352 g/mol. The molecule has 3 nitrogen and oxygen atoms in total. The van der Waals surface area contributed by atoms with Crippen LogP contribution in [0.4, 0.5) is 0 Å². The van der Waals surface area contributed by atoms with E-state index in [1.54, 1.807) is 13.0 Å². The fourth-order valence-electron chi connectivity index (χ4n) is 2.13. The summed E-state index contributed by atoms with van der Waals surface area (Å²) in [5, 5.41) is 4.49. The molecule has 0 spiro atoms. The summed E-state index contributed by atoms with van der Waals surface area (Å²) >= 11 is 12.3. The molecule has 1 rings (SSSR count). The third-order valence-corrected chi connectivity index (χ3v) is 6.01. The van der Waals surface area contributed by atoms with E-state index >= 15 is 0 Å². The first-order chi connectivity index (χ1) is 9.91. The monoisotopic (exact) mass is 351 g/mol. The van der Waals surface area contributed by atoms with Crippen LogP contribution in [0.3, 0.4) is 0 Å². The highest BCUT2D eigenvalue weighted by molar-refractivity contribution is 7.91. The van der Waals surface area contributed by atoms with Gasteiger partial charge in [-0.15, -0.1) is 0 Å². The summed E-state index contributed by atoms with van der Waals surface area (Å²) in [7, 11) is -2.92. The molecule has 0 heterocycles. The Balaban J connectivity index is 2.78. The van der Waals surface area contributed by atoms with Crippen molar-refractivity contribution < 1.29 is 8.42 Å². The van der Waals surface area contributed by atoms with Gasteiger partial charge < -0.3 is 5.32 Å². The van der Waals surface area contributed by atoms with Crippen molar-refractivity contribution in [2.75, 3.05) is 18.1 Å². The molecule has 0 aliphatic carbocycles. The van der Waals surface area contributed by atoms with Crippen molar-refractivity contribution in [1.29, 1.82) is 0 Å². The van der Waals surface area contributed by atoms with Gasteiger partial charge in [-0.2, -0.15) is 0 Å². The molecule has 1 unspecified atom stereocenters. The first kappa shape index (κ1) is 18.8. The van der Waals surface area contributed by atoms with Gasteiger partial charge in [0.25, 0.3) is 0 Å². The third kappa shape index (κ3) is 6.15. The fourth-order valence-corrected chi connectivity index (χ4v) is 3.46. The summed E-state index contributed by atoms with van der Waals surface area (Å²) in [6.45, 7) is 4.62. The van der Waals surface area contributed by atoms with E-state index < -0.39 is 9.84 Å². The summed E-state index contributed by atoms with van der Waals surface area (Å²) in [6.07, 6.45) is 2.33. The zero-order valence-corrected chi connectivity index (χ0v) is 14.9. The van der Waals surface area contributed by atoms with E-state index in [1.165, 1.54) is 0 Å². The van der Waals surface area contributed by atoms with Crippen molar-refractivity contribution >= 4 is 33.0 Å². The van der Waals surface area contributed by atoms with Gasteiger partial charge in [0.1, 0.15) is 9.84 Å². The molecule has 0 aromatic heterocycles. The van der Waals surface area contributed by atoms with E-state index in [0.717, 1.165) is 24.9 Å². The predicted octanol–water partition coefficient (Wildman–Crippen LogP) is 4.25. The van der Waals surface area contributed by atoms with Crippen LogP contribution >= 0.6 is 23.2 Å². The standard InChI is InChI=1S/C15H23Cl2NO2S/c1-3-10-18-14(9-6-11-21(19,20)4-2)12-7-5-8-13(16)15(12)17/h5,7-8,14,18H,3-4,6,9-11H2,1-2H3. The number of halogens is 2. The number of sulfone groups is 1. The van der Waals surface area contributed by atoms with Gasteiger partial charge in [-0.25, -0.2) is 8.42 Å². The molecule has 21 heavy (non-hydrogen) atoms. The fraction of sp³-hybridized carbons (Fsp3) is 0.600. The Hall–Kier alpha value is -0.290. The molecule has 0 saturated heterocycles. The number of hydrogen-bond acceptors (Lipinski definition) is 3. The van der Waals surface area contributed by atoms with E-state index in [9.17, 15) is 8.42 Å². The van der Waals surface area contributed by atoms with Crippen LogP contribution in [-0.2, 0) is 9.84 Å². The molecule has 1 aromatic rings. The number of rotatable bonds is 9. The lowest BCUT2D eigenvalue weighted by Crippen LogP contribution is -2.23. The largest absolute Gasteiger partial charge is 0.310 e. The van der Waals surface area contributed by atoms with E-state index in [0.29, 0.717) is 16.5 Å². The van der Waals surface area contributed by atoms with Gasteiger partial charge in [-0.1, -0.05) is 49.2 Å². The van der Waals surface area contributed by atoms with Crippen LogP contribution < -0.4 is 5.32 Å². The van der Waals surface area contributed by atoms with Crippen LogP contribution in [-0.4, -0.2) is 26.5 Å². The van der Waals surface area contributed by atoms with E-state index in [1.807, 2.05) is 12.1 Å². The van der Waals surface area contributed by atoms with Crippen molar-refractivity contribution in [3.63, 3.8) is 0 Å². The van der Waals surface area contributed by atoms with Crippen LogP contribution in [0.25, 0.3) is 0 Å². The lowest BCUT2D eigenvalue weighted by atomic mass is 10.0. The maximum absolute atomic E-state index is 11.6. The second-order valence-electron chi connectivity index (χ2n) is 5.03. The molecule has 6 heteroatoms. The summed E-state index contributed by atoms with van der Waals surface area (Å²) in [5.41, 5.74) is 0.937. The van der Waals surface area contributed by atoms with Gasteiger partial charge in [0.05, 0.1) is 15.8 Å². The molecular formula is C15H23Cl2NO2S. The maximum Gasteiger partial charge on any atom is 0.150 e. The molecule has 0 fully saturated rings. The predicted molar refractivity (Wildman–Crippen MR) is 91.1 cm³/mol. The van der Waals surface area contributed by atoms with E-state index in [-0.39, 0.29) is 17.5 Å². The summed E-state index contributed by atoms with van der Waals surface area (Å²) < 4.78 is 23.2. The molecule has 0 aliphatic heterocycles. The molecule has 0 aliphatic rings. The molecule has 1 N–H and O–H groups in total. The highest BCUT2D eigenvalue weighted by atomic mass is 35.5. The van der Waals surface area contributed by atoms with Crippen molar-refractivity contribution in [1.82, 2.24) is 5.32 Å². The number of nitrogens with one attached hydrogen (secondary N) is 1. The van der Waals surface area contributed by atoms with Crippen LogP contribution in [0.2, 0.25) is 10.0 Å². The molecule has 1 atom stereocenters. The van der Waals surface area contributed by atoms with Crippen LogP contribution in [0.1, 0.15) is 44.7 Å². The summed E-state index contributed by atoms with van der Waals surface area (Å²) in [4.78, 5) is 0. The van der Waals surface area contributed by atoms with Crippen LogP contribution in [0, 0.1) is 0 Å². The Morgan fingerprint density at radius 2 is 1.95 bits per heavy atom.